The van der Waals surface area contributed by atoms with Crippen molar-refractivity contribution in [1.82, 2.24) is 4.90 Å². The summed E-state index contributed by atoms with van der Waals surface area (Å²) >= 11 is 0. The third-order valence-electron chi connectivity index (χ3n) is 6.75. The molecular formula is C29H35NO4. The Hall–Kier alpha value is -3.18. The Kier molecular flexibility index (Phi) is 7.96. The van der Waals surface area contributed by atoms with Crippen molar-refractivity contribution in [3.8, 4) is 23.0 Å². The smallest absolute Gasteiger partial charge is 0.123 e. The van der Waals surface area contributed by atoms with Crippen LogP contribution in [0.5, 0.6) is 23.0 Å². The van der Waals surface area contributed by atoms with Gasteiger partial charge < -0.3 is 19.7 Å². The minimum atomic E-state index is 0.231. The van der Waals surface area contributed by atoms with Crippen molar-refractivity contribution in [2.45, 2.75) is 32.1 Å². The number of hydrogen-bond donors (Lipinski definition) is 2. The van der Waals surface area contributed by atoms with Crippen molar-refractivity contribution in [3.05, 3.63) is 83.9 Å². The van der Waals surface area contributed by atoms with E-state index in [4.69, 9.17) is 9.47 Å². The Bertz CT molecular complexity index is 1040. The maximum Gasteiger partial charge on any atom is 0.123 e. The number of nitrogens with zero attached hydrogens (tertiary/aromatic N) is 1. The molecule has 0 aromatic heterocycles. The van der Waals surface area contributed by atoms with Crippen molar-refractivity contribution in [3.63, 3.8) is 0 Å². The molecule has 34 heavy (non-hydrogen) atoms. The van der Waals surface area contributed by atoms with Gasteiger partial charge in [-0.15, -0.1) is 0 Å². The molecule has 3 aromatic rings. The lowest BCUT2D eigenvalue weighted by molar-refractivity contribution is 0.234. The van der Waals surface area contributed by atoms with Crippen LogP contribution in [0.2, 0.25) is 0 Å². The molecule has 5 heteroatoms. The number of ether oxygens (including phenoxy) is 2. The van der Waals surface area contributed by atoms with Crippen LogP contribution in [0.1, 0.15) is 43.2 Å². The lowest BCUT2D eigenvalue weighted by atomic mass is 9.81. The van der Waals surface area contributed by atoms with Gasteiger partial charge in [0.25, 0.3) is 0 Å². The van der Waals surface area contributed by atoms with Crippen LogP contribution in [0.25, 0.3) is 0 Å². The van der Waals surface area contributed by atoms with Crippen molar-refractivity contribution in [1.29, 1.82) is 0 Å². The van der Waals surface area contributed by atoms with Gasteiger partial charge in [0, 0.05) is 24.6 Å². The second-order valence-electron chi connectivity index (χ2n) is 9.38. The summed E-state index contributed by atoms with van der Waals surface area (Å²) in [5.74, 6) is 3.72. The van der Waals surface area contributed by atoms with Gasteiger partial charge in [-0.2, -0.15) is 0 Å². The number of para-hydroxylation sites is 1. The SMILES string of the molecule is C[C@@H]1c2cc(O)ccc2OC[C@H]1c1ccc(O)cc1.C[C@H]1CCN(CCOc2ccccc2)C1. The molecular weight excluding hydrogens is 426 g/mol. The van der Waals surface area contributed by atoms with Gasteiger partial charge in [0.05, 0.1) is 6.61 Å². The predicted octanol–water partition coefficient (Wildman–Crippen LogP) is 5.78. The number of likely N-dealkylation sites (tertiary alicyclic amines) is 1. The molecule has 3 atom stereocenters. The summed E-state index contributed by atoms with van der Waals surface area (Å²) in [6.45, 7) is 9.40. The highest BCUT2D eigenvalue weighted by atomic mass is 16.5. The minimum Gasteiger partial charge on any atom is -0.508 e. The Morgan fingerprint density at radius 2 is 1.68 bits per heavy atom. The van der Waals surface area contributed by atoms with Crippen molar-refractivity contribution in [2.24, 2.45) is 5.92 Å². The van der Waals surface area contributed by atoms with Crippen molar-refractivity contribution < 1.29 is 19.7 Å². The second-order valence-corrected chi connectivity index (χ2v) is 9.38. The van der Waals surface area contributed by atoms with Gasteiger partial charge in [0.1, 0.15) is 29.6 Å². The Morgan fingerprint density at radius 3 is 2.38 bits per heavy atom. The first-order valence-electron chi connectivity index (χ1n) is 12.1. The summed E-state index contributed by atoms with van der Waals surface area (Å²) in [4.78, 5) is 2.48. The van der Waals surface area contributed by atoms with E-state index in [1.54, 1.807) is 24.3 Å². The van der Waals surface area contributed by atoms with Gasteiger partial charge in [-0.1, -0.05) is 44.2 Å². The molecule has 0 amide bonds. The number of hydrogen-bond acceptors (Lipinski definition) is 5. The summed E-state index contributed by atoms with van der Waals surface area (Å²) < 4.78 is 11.4. The van der Waals surface area contributed by atoms with Crippen LogP contribution in [0, 0.1) is 5.92 Å². The molecule has 180 valence electrons. The van der Waals surface area contributed by atoms with Gasteiger partial charge in [-0.3, -0.25) is 4.90 Å². The number of rotatable bonds is 5. The highest BCUT2D eigenvalue weighted by Gasteiger charge is 2.29. The van der Waals surface area contributed by atoms with Crippen LogP contribution in [0.15, 0.2) is 72.8 Å². The number of phenolic OH excluding ortho intramolecular Hbond substituents is 2. The molecule has 5 rings (SSSR count). The molecule has 2 heterocycles. The number of aromatic hydroxyl groups is 2. The molecule has 1 saturated heterocycles. The van der Waals surface area contributed by atoms with Crippen LogP contribution in [-0.2, 0) is 0 Å². The van der Waals surface area contributed by atoms with Gasteiger partial charge in [-0.05, 0) is 72.8 Å². The molecule has 5 nitrogen and oxygen atoms in total. The van der Waals surface area contributed by atoms with Crippen LogP contribution < -0.4 is 9.47 Å². The van der Waals surface area contributed by atoms with Crippen LogP contribution in [0.4, 0.5) is 0 Å². The third-order valence-corrected chi connectivity index (χ3v) is 6.75. The standard InChI is InChI=1S/C16H16O3.C13H19NO/c1-10-14-8-13(18)6-7-16(14)19-9-15(10)11-2-4-12(17)5-3-11;1-12-7-8-14(11-12)9-10-15-13-5-3-2-4-6-13/h2-8,10,15,17-18H,9H2,1H3;2-6,12H,7-11H2,1H3/t10-,15-;12-/m10/s1. The first-order valence-corrected chi connectivity index (χ1v) is 12.1. The molecule has 2 N–H and O–H groups in total. The second kappa shape index (κ2) is 11.3. The van der Waals surface area contributed by atoms with E-state index in [2.05, 4.69) is 18.7 Å². The van der Waals surface area contributed by atoms with Gasteiger partial charge in [0.15, 0.2) is 0 Å². The zero-order valence-electron chi connectivity index (χ0n) is 20.1. The maximum atomic E-state index is 9.61. The molecule has 0 aliphatic carbocycles. The van der Waals surface area contributed by atoms with Gasteiger partial charge >= 0.3 is 0 Å². The van der Waals surface area contributed by atoms with Crippen LogP contribution >= 0.6 is 0 Å². The van der Waals surface area contributed by atoms with Gasteiger partial charge in [0.2, 0.25) is 0 Å². The highest BCUT2D eigenvalue weighted by Crippen LogP contribution is 2.43. The fourth-order valence-corrected chi connectivity index (χ4v) is 4.71. The first kappa shape index (κ1) is 24.0. The summed E-state index contributed by atoms with van der Waals surface area (Å²) in [5, 5.41) is 19.0. The molecule has 0 bridgehead atoms. The first-order chi connectivity index (χ1) is 16.5. The van der Waals surface area contributed by atoms with E-state index in [0.717, 1.165) is 41.7 Å². The topological polar surface area (TPSA) is 62.2 Å². The van der Waals surface area contributed by atoms with E-state index in [1.165, 1.54) is 19.5 Å². The molecule has 2 aliphatic rings. The van der Waals surface area contributed by atoms with E-state index in [-0.39, 0.29) is 23.3 Å². The molecule has 0 radical (unpaired) electrons. The molecule has 0 spiro atoms. The van der Waals surface area contributed by atoms with E-state index < -0.39 is 0 Å². The van der Waals surface area contributed by atoms with E-state index in [9.17, 15) is 10.2 Å². The Balaban J connectivity index is 0.000000166. The zero-order chi connectivity index (χ0) is 23.9. The average Bonchev–Trinajstić information content (AvgIpc) is 3.26. The summed E-state index contributed by atoms with van der Waals surface area (Å²) in [7, 11) is 0. The molecule has 3 aromatic carbocycles. The summed E-state index contributed by atoms with van der Waals surface area (Å²) in [6, 6.07) is 22.5. The number of fused-ring (bicyclic) bond motifs is 1. The normalized spacial score (nSPS) is 21.6. The monoisotopic (exact) mass is 461 g/mol. The van der Waals surface area contributed by atoms with Crippen molar-refractivity contribution >= 4 is 0 Å². The minimum absolute atomic E-state index is 0.231. The van der Waals surface area contributed by atoms with E-state index >= 15 is 0 Å². The largest absolute Gasteiger partial charge is 0.508 e. The quantitative estimate of drug-likeness (QED) is 0.504. The fraction of sp³-hybridized carbons (Fsp3) is 0.379. The van der Waals surface area contributed by atoms with E-state index in [0.29, 0.717) is 6.61 Å². The number of benzene rings is 3. The summed E-state index contributed by atoms with van der Waals surface area (Å²) in [5.41, 5.74) is 2.17. The van der Waals surface area contributed by atoms with Crippen LogP contribution in [0.3, 0.4) is 0 Å². The molecule has 2 aliphatic heterocycles. The molecule has 0 saturated carbocycles. The van der Waals surface area contributed by atoms with E-state index in [1.807, 2.05) is 48.5 Å². The molecule has 1 fully saturated rings. The Labute approximate surface area is 202 Å². The van der Waals surface area contributed by atoms with Gasteiger partial charge in [-0.25, -0.2) is 0 Å². The lowest BCUT2D eigenvalue weighted by Gasteiger charge is -2.31. The lowest BCUT2D eigenvalue weighted by Crippen LogP contribution is -2.25. The fourth-order valence-electron chi connectivity index (χ4n) is 4.71. The number of phenols is 2. The zero-order valence-corrected chi connectivity index (χ0v) is 20.1. The highest BCUT2D eigenvalue weighted by molar-refractivity contribution is 5.45. The van der Waals surface area contributed by atoms with Crippen LogP contribution in [-0.4, -0.2) is 48.0 Å². The maximum absolute atomic E-state index is 9.61. The average molecular weight is 462 g/mol. The van der Waals surface area contributed by atoms with Crippen molar-refractivity contribution in [2.75, 3.05) is 32.8 Å². The Morgan fingerprint density at radius 1 is 0.941 bits per heavy atom. The summed E-state index contributed by atoms with van der Waals surface area (Å²) in [6.07, 6.45) is 1.34. The molecule has 0 unspecified atom stereocenters. The third kappa shape index (κ3) is 6.23. The predicted molar refractivity (Wildman–Crippen MR) is 135 cm³/mol.